The van der Waals surface area contributed by atoms with Crippen LogP contribution in [-0.4, -0.2) is 16.2 Å². The number of hydrogen-bond donors (Lipinski definition) is 2. The summed E-state index contributed by atoms with van der Waals surface area (Å²) in [5.41, 5.74) is 5.00. The summed E-state index contributed by atoms with van der Waals surface area (Å²) in [5, 5.41) is 5.28. The Morgan fingerprint density at radius 3 is 2.69 bits per heavy atom. The Balaban J connectivity index is 1.57. The van der Waals surface area contributed by atoms with Gasteiger partial charge in [0.15, 0.2) is 0 Å². The van der Waals surface area contributed by atoms with E-state index >= 15 is 0 Å². The van der Waals surface area contributed by atoms with E-state index in [1.807, 2.05) is 37.3 Å². The van der Waals surface area contributed by atoms with Crippen molar-refractivity contribution in [3.63, 3.8) is 0 Å². The number of nitrogens with one attached hydrogen (secondary N) is 2. The summed E-state index contributed by atoms with van der Waals surface area (Å²) in [6.07, 6.45) is 3.29. The average Bonchev–Trinajstić information content (AvgIpc) is 2.68. The third-order valence-electron chi connectivity index (χ3n) is 3.97. The number of ether oxygens (including phenoxy) is 1. The van der Waals surface area contributed by atoms with Crippen molar-refractivity contribution in [3.8, 4) is 5.75 Å². The first kappa shape index (κ1) is 20.9. The molecule has 150 valence electrons. The molecule has 1 aromatic heterocycles. The molecule has 0 fully saturated rings. The molecular formula is C21H20Cl2N4O2. The van der Waals surface area contributed by atoms with Gasteiger partial charge >= 0.3 is 0 Å². The summed E-state index contributed by atoms with van der Waals surface area (Å²) in [6.45, 7) is 2.38. The van der Waals surface area contributed by atoms with E-state index in [0.29, 0.717) is 28.3 Å². The molecule has 6 nitrogen and oxygen atoms in total. The smallest absolute Gasteiger partial charge is 0.252 e. The maximum atomic E-state index is 11.6. The van der Waals surface area contributed by atoms with Crippen LogP contribution in [0.3, 0.4) is 0 Å². The average molecular weight is 431 g/mol. The molecule has 0 aliphatic rings. The summed E-state index contributed by atoms with van der Waals surface area (Å²) in [4.78, 5) is 18.6. The minimum atomic E-state index is -0.205. The van der Waals surface area contributed by atoms with Gasteiger partial charge in [-0.15, -0.1) is 0 Å². The minimum Gasteiger partial charge on any atom is -0.489 e. The van der Waals surface area contributed by atoms with Gasteiger partial charge in [-0.3, -0.25) is 9.78 Å². The lowest BCUT2D eigenvalue weighted by atomic mass is 10.2. The fourth-order valence-electron chi connectivity index (χ4n) is 2.56. The molecule has 3 rings (SSSR count). The standard InChI is InChI=1S/C21H20Cl2N4O2/c1-2-3-17-11-20(28)26-21(25-17)27-24-12-14-4-8-18(9-5-14)29-13-15-6-7-16(22)10-19(15)23/h4-12H,2-3,13H2,1H3,(H2,25,26,27,28)/b24-12+. The number of aryl methyl sites for hydroxylation is 1. The maximum absolute atomic E-state index is 11.6. The van der Waals surface area contributed by atoms with E-state index in [2.05, 4.69) is 20.5 Å². The Hall–Kier alpha value is -2.83. The van der Waals surface area contributed by atoms with Crippen LogP contribution in [0.15, 0.2) is 58.4 Å². The minimum absolute atomic E-state index is 0.205. The number of anilines is 1. The van der Waals surface area contributed by atoms with E-state index in [-0.39, 0.29) is 5.56 Å². The van der Waals surface area contributed by atoms with Crippen molar-refractivity contribution >= 4 is 35.4 Å². The Morgan fingerprint density at radius 2 is 1.97 bits per heavy atom. The molecular weight excluding hydrogens is 411 g/mol. The first-order valence-electron chi connectivity index (χ1n) is 9.09. The first-order valence-corrected chi connectivity index (χ1v) is 9.85. The zero-order chi connectivity index (χ0) is 20.6. The van der Waals surface area contributed by atoms with Crippen LogP contribution in [0.4, 0.5) is 5.95 Å². The van der Waals surface area contributed by atoms with Gasteiger partial charge in [0.05, 0.1) is 6.21 Å². The number of rotatable bonds is 8. The van der Waals surface area contributed by atoms with Gasteiger partial charge in [0.2, 0.25) is 5.95 Å². The molecule has 0 atom stereocenters. The van der Waals surface area contributed by atoms with Crippen molar-refractivity contribution in [2.75, 3.05) is 5.43 Å². The third kappa shape index (κ3) is 6.34. The predicted molar refractivity (Wildman–Crippen MR) is 117 cm³/mol. The van der Waals surface area contributed by atoms with E-state index in [9.17, 15) is 4.79 Å². The molecule has 0 saturated heterocycles. The number of nitrogens with zero attached hydrogens (tertiary/aromatic N) is 2. The molecule has 1 heterocycles. The van der Waals surface area contributed by atoms with E-state index < -0.39 is 0 Å². The normalized spacial score (nSPS) is 11.0. The topological polar surface area (TPSA) is 79.4 Å². The van der Waals surface area contributed by atoms with E-state index in [0.717, 1.165) is 29.7 Å². The van der Waals surface area contributed by atoms with Crippen molar-refractivity contribution < 1.29 is 4.74 Å². The Morgan fingerprint density at radius 1 is 1.17 bits per heavy atom. The lowest BCUT2D eigenvalue weighted by Gasteiger charge is -2.08. The molecule has 0 saturated carbocycles. The van der Waals surface area contributed by atoms with Crippen LogP contribution in [0.5, 0.6) is 5.75 Å². The van der Waals surface area contributed by atoms with Gasteiger partial charge in [-0.05, 0) is 48.4 Å². The quantitative estimate of drug-likeness (QED) is 0.386. The van der Waals surface area contributed by atoms with Crippen LogP contribution in [-0.2, 0) is 13.0 Å². The fraction of sp³-hybridized carbons (Fsp3) is 0.190. The van der Waals surface area contributed by atoms with Crippen LogP contribution in [0.25, 0.3) is 0 Å². The second-order valence-corrected chi connectivity index (χ2v) is 7.14. The monoisotopic (exact) mass is 430 g/mol. The van der Waals surface area contributed by atoms with Gasteiger partial charge in [0, 0.05) is 27.4 Å². The number of aromatic nitrogens is 2. The number of hydrazone groups is 1. The molecule has 29 heavy (non-hydrogen) atoms. The summed E-state index contributed by atoms with van der Waals surface area (Å²) in [5.74, 6) is 1.02. The fourth-order valence-corrected chi connectivity index (χ4v) is 3.03. The SMILES string of the molecule is CCCc1cc(=O)[nH]c(N/N=C/c2ccc(OCc3ccc(Cl)cc3Cl)cc2)n1. The highest BCUT2D eigenvalue weighted by Crippen LogP contribution is 2.22. The van der Waals surface area contributed by atoms with E-state index in [1.54, 1.807) is 18.3 Å². The molecule has 2 aromatic carbocycles. The Labute approximate surface area is 178 Å². The molecule has 8 heteroatoms. The molecule has 2 N–H and O–H groups in total. The van der Waals surface area contributed by atoms with Gasteiger partial charge in [0.1, 0.15) is 12.4 Å². The number of halogens is 2. The lowest BCUT2D eigenvalue weighted by Crippen LogP contribution is -2.11. The largest absolute Gasteiger partial charge is 0.489 e. The van der Waals surface area contributed by atoms with Gasteiger partial charge < -0.3 is 4.74 Å². The second kappa shape index (κ2) is 10.1. The van der Waals surface area contributed by atoms with Crippen LogP contribution >= 0.6 is 23.2 Å². The number of benzene rings is 2. The highest BCUT2D eigenvalue weighted by atomic mass is 35.5. The van der Waals surface area contributed by atoms with Crippen LogP contribution in [0, 0.1) is 0 Å². The zero-order valence-electron chi connectivity index (χ0n) is 15.8. The molecule has 3 aromatic rings. The zero-order valence-corrected chi connectivity index (χ0v) is 17.3. The second-order valence-electron chi connectivity index (χ2n) is 6.30. The number of aromatic amines is 1. The van der Waals surface area contributed by atoms with Crippen molar-refractivity contribution in [1.29, 1.82) is 0 Å². The summed E-state index contributed by atoms with van der Waals surface area (Å²) in [7, 11) is 0. The lowest BCUT2D eigenvalue weighted by molar-refractivity contribution is 0.306. The van der Waals surface area contributed by atoms with Gasteiger partial charge in [-0.2, -0.15) is 5.10 Å². The van der Waals surface area contributed by atoms with Crippen molar-refractivity contribution in [2.45, 2.75) is 26.4 Å². The maximum Gasteiger partial charge on any atom is 0.252 e. The highest BCUT2D eigenvalue weighted by molar-refractivity contribution is 6.35. The van der Waals surface area contributed by atoms with Crippen LogP contribution in [0.1, 0.15) is 30.2 Å². The predicted octanol–water partition coefficient (Wildman–Crippen LogP) is 5.05. The molecule has 0 amide bonds. The summed E-state index contributed by atoms with van der Waals surface area (Å²) < 4.78 is 5.75. The highest BCUT2D eigenvalue weighted by Gasteiger charge is 2.03. The molecule has 0 radical (unpaired) electrons. The third-order valence-corrected chi connectivity index (χ3v) is 4.56. The van der Waals surface area contributed by atoms with Gasteiger partial charge in [-0.1, -0.05) is 42.6 Å². The van der Waals surface area contributed by atoms with Crippen molar-refractivity contribution in [3.05, 3.63) is 85.8 Å². The molecule has 0 spiro atoms. The van der Waals surface area contributed by atoms with Crippen LogP contribution < -0.4 is 15.7 Å². The summed E-state index contributed by atoms with van der Waals surface area (Å²) >= 11 is 12.0. The first-order chi connectivity index (χ1) is 14.0. The molecule has 0 aliphatic heterocycles. The Bertz CT molecular complexity index is 1050. The molecule has 0 unspecified atom stereocenters. The Kier molecular flexibility index (Phi) is 7.27. The van der Waals surface area contributed by atoms with Crippen molar-refractivity contribution in [1.82, 2.24) is 9.97 Å². The van der Waals surface area contributed by atoms with Gasteiger partial charge in [0.25, 0.3) is 5.56 Å². The number of H-pyrrole nitrogens is 1. The van der Waals surface area contributed by atoms with Gasteiger partial charge in [-0.25, -0.2) is 10.4 Å². The molecule has 0 bridgehead atoms. The molecule has 0 aliphatic carbocycles. The van der Waals surface area contributed by atoms with Crippen molar-refractivity contribution in [2.24, 2.45) is 5.10 Å². The number of hydrogen-bond acceptors (Lipinski definition) is 5. The van der Waals surface area contributed by atoms with E-state index in [4.69, 9.17) is 27.9 Å². The summed E-state index contributed by atoms with van der Waals surface area (Å²) in [6, 6.07) is 14.2. The van der Waals surface area contributed by atoms with Crippen LogP contribution in [0.2, 0.25) is 10.0 Å². The van der Waals surface area contributed by atoms with E-state index in [1.165, 1.54) is 6.07 Å².